The molecule has 0 amide bonds. The molecule has 0 aliphatic heterocycles. The standard InChI is InChI=1S/C18H18BrN3O2/c1-3-23-17-10-14(16(19)11-18(17)24-9-8-20)12-21-22-15-6-4-13(2)5-7-15/h4-7,10-12,22H,3,9H2,1-2H3. The first-order valence-electron chi connectivity index (χ1n) is 7.46. The van der Waals surface area contributed by atoms with Crippen molar-refractivity contribution >= 4 is 27.8 Å². The van der Waals surface area contributed by atoms with Crippen molar-refractivity contribution in [1.29, 1.82) is 5.26 Å². The van der Waals surface area contributed by atoms with Gasteiger partial charge in [-0.05, 0) is 54.0 Å². The number of hydrogen-bond donors (Lipinski definition) is 1. The van der Waals surface area contributed by atoms with E-state index in [1.807, 2.05) is 50.2 Å². The van der Waals surface area contributed by atoms with Crippen LogP contribution >= 0.6 is 15.9 Å². The Balaban J connectivity index is 2.16. The minimum Gasteiger partial charge on any atom is -0.490 e. The molecule has 0 spiro atoms. The van der Waals surface area contributed by atoms with Gasteiger partial charge in [0.05, 0.1) is 18.5 Å². The molecule has 0 radical (unpaired) electrons. The number of nitriles is 1. The summed E-state index contributed by atoms with van der Waals surface area (Å²) >= 11 is 3.48. The fraction of sp³-hybridized carbons (Fsp3) is 0.222. The van der Waals surface area contributed by atoms with Crippen LogP contribution in [-0.4, -0.2) is 19.4 Å². The number of nitrogens with one attached hydrogen (secondary N) is 1. The lowest BCUT2D eigenvalue weighted by Gasteiger charge is -2.12. The number of nitrogens with zero attached hydrogens (tertiary/aromatic N) is 2. The Morgan fingerprint density at radius 3 is 2.58 bits per heavy atom. The highest BCUT2D eigenvalue weighted by Gasteiger charge is 2.10. The second-order valence-electron chi connectivity index (χ2n) is 4.94. The summed E-state index contributed by atoms with van der Waals surface area (Å²) in [7, 11) is 0. The van der Waals surface area contributed by atoms with Crippen molar-refractivity contribution in [2.45, 2.75) is 13.8 Å². The summed E-state index contributed by atoms with van der Waals surface area (Å²) in [5, 5.41) is 12.9. The number of hydrazone groups is 1. The largest absolute Gasteiger partial charge is 0.490 e. The Morgan fingerprint density at radius 2 is 1.92 bits per heavy atom. The zero-order valence-electron chi connectivity index (χ0n) is 13.5. The molecule has 0 saturated heterocycles. The summed E-state index contributed by atoms with van der Waals surface area (Å²) in [6.07, 6.45) is 1.69. The number of hydrogen-bond acceptors (Lipinski definition) is 5. The summed E-state index contributed by atoms with van der Waals surface area (Å²) in [4.78, 5) is 0. The van der Waals surface area contributed by atoms with Gasteiger partial charge in [-0.2, -0.15) is 10.4 Å². The predicted molar refractivity (Wildman–Crippen MR) is 98.8 cm³/mol. The van der Waals surface area contributed by atoms with Gasteiger partial charge >= 0.3 is 0 Å². The average molecular weight is 388 g/mol. The molecule has 0 fully saturated rings. The Kier molecular flexibility index (Phi) is 6.64. The van der Waals surface area contributed by atoms with Gasteiger partial charge < -0.3 is 9.47 Å². The molecule has 2 aromatic carbocycles. The normalized spacial score (nSPS) is 10.4. The van der Waals surface area contributed by atoms with E-state index in [1.54, 1.807) is 12.3 Å². The third-order valence-corrected chi connectivity index (χ3v) is 3.79. The van der Waals surface area contributed by atoms with Crippen molar-refractivity contribution in [1.82, 2.24) is 0 Å². The third kappa shape index (κ3) is 5.00. The first-order valence-corrected chi connectivity index (χ1v) is 8.25. The quantitative estimate of drug-likeness (QED) is 0.560. The molecule has 0 saturated carbocycles. The van der Waals surface area contributed by atoms with Crippen LogP contribution in [0, 0.1) is 18.3 Å². The van der Waals surface area contributed by atoms with E-state index >= 15 is 0 Å². The van der Waals surface area contributed by atoms with Gasteiger partial charge in [-0.1, -0.05) is 17.7 Å². The predicted octanol–water partition coefficient (Wildman–Crippen LogP) is 4.50. The molecule has 2 aromatic rings. The van der Waals surface area contributed by atoms with E-state index in [0.29, 0.717) is 18.1 Å². The van der Waals surface area contributed by atoms with Crippen LogP contribution in [0.4, 0.5) is 5.69 Å². The molecule has 0 atom stereocenters. The minimum atomic E-state index is -0.0328. The smallest absolute Gasteiger partial charge is 0.174 e. The highest BCUT2D eigenvalue weighted by Crippen LogP contribution is 2.33. The Morgan fingerprint density at radius 1 is 1.21 bits per heavy atom. The molecule has 6 heteroatoms. The van der Waals surface area contributed by atoms with Crippen LogP contribution in [0.2, 0.25) is 0 Å². The molecule has 2 rings (SSSR count). The maximum atomic E-state index is 8.66. The summed E-state index contributed by atoms with van der Waals surface area (Å²) in [5.74, 6) is 1.10. The maximum Gasteiger partial charge on any atom is 0.174 e. The van der Waals surface area contributed by atoms with Gasteiger partial charge in [-0.3, -0.25) is 5.43 Å². The van der Waals surface area contributed by atoms with Crippen molar-refractivity contribution in [3.63, 3.8) is 0 Å². The van der Waals surface area contributed by atoms with E-state index in [9.17, 15) is 0 Å². The second-order valence-corrected chi connectivity index (χ2v) is 5.79. The molecule has 24 heavy (non-hydrogen) atoms. The van der Waals surface area contributed by atoms with Crippen molar-refractivity contribution in [3.05, 3.63) is 52.0 Å². The molecular weight excluding hydrogens is 370 g/mol. The SMILES string of the molecule is CCOc1cc(C=NNc2ccc(C)cc2)c(Br)cc1OCC#N. The summed E-state index contributed by atoms with van der Waals surface area (Å²) in [6, 6.07) is 13.5. The van der Waals surface area contributed by atoms with Gasteiger partial charge in [0.1, 0.15) is 6.07 Å². The average Bonchev–Trinajstić information content (AvgIpc) is 2.58. The van der Waals surface area contributed by atoms with Gasteiger partial charge in [-0.15, -0.1) is 0 Å². The lowest BCUT2D eigenvalue weighted by atomic mass is 10.2. The van der Waals surface area contributed by atoms with Gasteiger partial charge in [0, 0.05) is 10.0 Å². The molecule has 0 unspecified atom stereocenters. The number of rotatable bonds is 7. The highest BCUT2D eigenvalue weighted by molar-refractivity contribution is 9.10. The van der Waals surface area contributed by atoms with Gasteiger partial charge in [0.15, 0.2) is 18.1 Å². The topological polar surface area (TPSA) is 66.6 Å². The molecule has 124 valence electrons. The lowest BCUT2D eigenvalue weighted by Crippen LogP contribution is -2.01. The molecule has 0 aliphatic carbocycles. The number of aryl methyl sites for hydroxylation is 1. The van der Waals surface area contributed by atoms with Crippen LogP contribution in [0.5, 0.6) is 11.5 Å². The Hall–Kier alpha value is -2.52. The Labute approximate surface area is 150 Å². The third-order valence-electron chi connectivity index (χ3n) is 3.10. The zero-order chi connectivity index (χ0) is 17.4. The molecule has 0 heterocycles. The molecule has 0 bridgehead atoms. The van der Waals surface area contributed by atoms with E-state index in [2.05, 4.69) is 26.5 Å². The van der Waals surface area contributed by atoms with Crippen LogP contribution in [0.3, 0.4) is 0 Å². The van der Waals surface area contributed by atoms with E-state index < -0.39 is 0 Å². The van der Waals surface area contributed by atoms with Crippen LogP contribution < -0.4 is 14.9 Å². The second kappa shape index (κ2) is 8.94. The van der Waals surface area contributed by atoms with Gasteiger partial charge in [0.2, 0.25) is 0 Å². The minimum absolute atomic E-state index is 0.0328. The molecule has 1 N–H and O–H groups in total. The van der Waals surface area contributed by atoms with Crippen LogP contribution in [-0.2, 0) is 0 Å². The van der Waals surface area contributed by atoms with Gasteiger partial charge in [0.25, 0.3) is 0 Å². The summed E-state index contributed by atoms with van der Waals surface area (Å²) in [6.45, 7) is 4.40. The zero-order valence-corrected chi connectivity index (χ0v) is 15.1. The molecule has 5 nitrogen and oxygen atoms in total. The molecule has 0 aromatic heterocycles. The number of ether oxygens (including phenoxy) is 2. The van der Waals surface area contributed by atoms with Crippen molar-refractivity contribution in [2.24, 2.45) is 5.10 Å². The molecular formula is C18H18BrN3O2. The first kappa shape index (κ1) is 17.8. The lowest BCUT2D eigenvalue weighted by molar-refractivity contribution is 0.298. The van der Waals surface area contributed by atoms with E-state index in [-0.39, 0.29) is 6.61 Å². The number of benzene rings is 2. The van der Waals surface area contributed by atoms with Crippen LogP contribution in [0.1, 0.15) is 18.1 Å². The fourth-order valence-electron chi connectivity index (χ4n) is 1.95. The van der Waals surface area contributed by atoms with E-state index in [1.165, 1.54) is 5.56 Å². The van der Waals surface area contributed by atoms with Crippen LogP contribution in [0.25, 0.3) is 0 Å². The van der Waals surface area contributed by atoms with E-state index in [0.717, 1.165) is 15.7 Å². The van der Waals surface area contributed by atoms with Gasteiger partial charge in [-0.25, -0.2) is 0 Å². The summed E-state index contributed by atoms with van der Waals surface area (Å²) in [5.41, 5.74) is 5.92. The van der Waals surface area contributed by atoms with Crippen LogP contribution in [0.15, 0.2) is 46.0 Å². The monoisotopic (exact) mass is 387 g/mol. The van der Waals surface area contributed by atoms with Crippen molar-refractivity contribution in [2.75, 3.05) is 18.6 Å². The van der Waals surface area contributed by atoms with Crippen molar-refractivity contribution < 1.29 is 9.47 Å². The fourth-order valence-corrected chi connectivity index (χ4v) is 2.37. The summed E-state index contributed by atoms with van der Waals surface area (Å²) < 4.78 is 11.8. The number of anilines is 1. The first-order chi connectivity index (χ1) is 11.6. The highest BCUT2D eigenvalue weighted by atomic mass is 79.9. The molecule has 0 aliphatic rings. The Bertz CT molecular complexity index is 752. The van der Waals surface area contributed by atoms with E-state index in [4.69, 9.17) is 14.7 Å². The number of halogens is 1. The maximum absolute atomic E-state index is 8.66. The van der Waals surface area contributed by atoms with Crippen molar-refractivity contribution in [3.8, 4) is 17.6 Å².